The van der Waals surface area contributed by atoms with Crippen LogP contribution in [0.15, 0.2) is 0 Å². The van der Waals surface area contributed by atoms with Crippen molar-refractivity contribution in [3.05, 3.63) is 0 Å². The van der Waals surface area contributed by atoms with Gasteiger partial charge in [0.15, 0.2) is 0 Å². The number of amides is 1. The quantitative estimate of drug-likeness (QED) is 0.660. The molecule has 5 nitrogen and oxygen atoms in total. The van der Waals surface area contributed by atoms with Crippen molar-refractivity contribution >= 4 is 11.9 Å². The fourth-order valence-electron chi connectivity index (χ4n) is 1.79. The second-order valence-electron chi connectivity index (χ2n) is 4.17. The molecule has 0 aromatic heterocycles. The van der Waals surface area contributed by atoms with Crippen LogP contribution in [-0.4, -0.2) is 37.1 Å². The van der Waals surface area contributed by atoms with E-state index in [4.69, 9.17) is 4.74 Å². The molecule has 0 saturated carbocycles. The van der Waals surface area contributed by atoms with Crippen molar-refractivity contribution in [1.29, 1.82) is 0 Å². The monoisotopic (exact) mass is 228 g/mol. The number of hydrogen-bond donors (Lipinski definition) is 2. The van der Waals surface area contributed by atoms with Gasteiger partial charge in [0.1, 0.15) is 0 Å². The Bertz CT molecular complexity index is 260. The Morgan fingerprint density at radius 1 is 1.50 bits per heavy atom. The lowest BCUT2D eigenvalue weighted by atomic mass is 9.99. The number of esters is 1. The minimum absolute atomic E-state index is 0.0331. The summed E-state index contributed by atoms with van der Waals surface area (Å²) >= 11 is 0. The molecule has 92 valence electrons. The Morgan fingerprint density at radius 2 is 2.25 bits per heavy atom. The normalized spacial score (nSPS) is 24.1. The van der Waals surface area contributed by atoms with E-state index in [9.17, 15) is 9.59 Å². The summed E-state index contributed by atoms with van der Waals surface area (Å²) in [5.74, 6) is -0.304. The predicted octanol–water partition coefficient (Wildman–Crippen LogP) is 0.198. The number of rotatable bonds is 5. The molecule has 0 spiro atoms. The number of hydrogen-bond acceptors (Lipinski definition) is 4. The van der Waals surface area contributed by atoms with Crippen LogP contribution in [0.5, 0.6) is 0 Å². The van der Waals surface area contributed by atoms with Crippen molar-refractivity contribution in [2.45, 2.75) is 38.6 Å². The first-order chi connectivity index (χ1) is 7.58. The van der Waals surface area contributed by atoms with Gasteiger partial charge in [-0.2, -0.15) is 0 Å². The standard InChI is InChI=1S/C11H20N2O3/c1-3-16-9(14)5-8-12-10(15)11(2)6-4-7-13-11/h13H,3-8H2,1-2H3,(H,12,15). The Kier molecular flexibility index (Phi) is 4.73. The minimum atomic E-state index is -0.464. The van der Waals surface area contributed by atoms with Gasteiger partial charge in [0, 0.05) is 6.54 Å². The van der Waals surface area contributed by atoms with E-state index in [-0.39, 0.29) is 18.3 Å². The molecule has 5 heteroatoms. The van der Waals surface area contributed by atoms with Gasteiger partial charge in [-0.3, -0.25) is 9.59 Å². The molecule has 1 saturated heterocycles. The fourth-order valence-corrected chi connectivity index (χ4v) is 1.79. The van der Waals surface area contributed by atoms with Gasteiger partial charge in [-0.1, -0.05) is 0 Å². The van der Waals surface area contributed by atoms with Gasteiger partial charge in [-0.25, -0.2) is 0 Å². The number of carbonyl (C=O) groups is 2. The zero-order valence-corrected chi connectivity index (χ0v) is 9.97. The third-order valence-corrected chi connectivity index (χ3v) is 2.79. The molecule has 1 atom stereocenters. The Hall–Kier alpha value is -1.10. The van der Waals surface area contributed by atoms with Crippen LogP contribution in [-0.2, 0) is 14.3 Å². The molecule has 0 bridgehead atoms. The van der Waals surface area contributed by atoms with Crippen LogP contribution in [0.1, 0.15) is 33.1 Å². The zero-order chi connectivity index (χ0) is 12.0. The average molecular weight is 228 g/mol. The van der Waals surface area contributed by atoms with Crippen molar-refractivity contribution in [1.82, 2.24) is 10.6 Å². The first kappa shape index (κ1) is 13.0. The van der Waals surface area contributed by atoms with Gasteiger partial charge in [0.25, 0.3) is 0 Å². The topological polar surface area (TPSA) is 67.4 Å². The molecule has 1 heterocycles. The molecule has 0 aromatic rings. The molecule has 0 aliphatic carbocycles. The molecule has 1 unspecified atom stereocenters. The van der Waals surface area contributed by atoms with Crippen molar-refractivity contribution in [3.8, 4) is 0 Å². The summed E-state index contributed by atoms with van der Waals surface area (Å²) in [7, 11) is 0. The molecule has 1 aliphatic rings. The van der Waals surface area contributed by atoms with Crippen LogP contribution in [0.25, 0.3) is 0 Å². The van der Waals surface area contributed by atoms with E-state index in [1.54, 1.807) is 6.92 Å². The number of ether oxygens (including phenoxy) is 1. The van der Waals surface area contributed by atoms with Crippen molar-refractivity contribution in [3.63, 3.8) is 0 Å². The van der Waals surface area contributed by atoms with Crippen molar-refractivity contribution in [2.24, 2.45) is 0 Å². The lowest BCUT2D eigenvalue weighted by molar-refractivity contribution is -0.143. The first-order valence-corrected chi connectivity index (χ1v) is 5.77. The third-order valence-electron chi connectivity index (χ3n) is 2.79. The van der Waals surface area contributed by atoms with E-state index >= 15 is 0 Å². The molecule has 1 fully saturated rings. The summed E-state index contributed by atoms with van der Waals surface area (Å²) in [6, 6.07) is 0. The summed E-state index contributed by atoms with van der Waals surface area (Å²) < 4.78 is 4.77. The molecule has 16 heavy (non-hydrogen) atoms. The van der Waals surface area contributed by atoms with Crippen LogP contribution in [0.4, 0.5) is 0 Å². The van der Waals surface area contributed by atoms with Crippen LogP contribution < -0.4 is 10.6 Å². The summed E-state index contributed by atoms with van der Waals surface area (Å²) in [6.07, 6.45) is 2.09. The number of nitrogens with one attached hydrogen (secondary N) is 2. The SMILES string of the molecule is CCOC(=O)CCNC(=O)C1(C)CCCN1. The fraction of sp³-hybridized carbons (Fsp3) is 0.818. The summed E-state index contributed by atoms with van der Waals surface area (Å²) in [6.45, 7) is 5.25. The highest BCUT2D eigenvalue weighted by Gasteiger charge is 2.35. The second kappa shape index (κ2) is 5.84. The molecule has 0 radical (unpaired) electrons. The average Bonchev–Trinajstić information content (AvgIpc) is 2.67. The van der Waals surface area contributed by atoms with Crippen LogP contribution >= 0.6 is 0 Å². The van der Waals surface area contributed by atoms with E-state index in [2.05, 4.69) is 10.6 Å². The van der Waals surface area contributed by atoms with E-state index in [1.807, 2.05) is 6.92 Å². The van der Waals surface area contributed by atoms with Gasteiger partial charge >= 0.3 is 5.97 Å². The van der Waals surface area contributed by atoms with Crippen LogP contribution in [0.3, 0.4) is 0 Å². The Balaban J connectivity index is 2.22. The molecule has 1 aliphatic heterocycles. The smallest absolute Gasteiger partial charge is 0.307 e. The first-order valence-electron chi connectivity index (χ1n) is 5.77. The zero-order valence-electron chi connectivity index (χ0n) is 9.97. The molecule has 1 amide bonds. The van der Waals surface area contributed by atoms with Gasteiger partial charge in [0.05, 0.1) is 18.6 Å². The molecular formula is C11H20N2O3. The van der Waals surface area contributed by atoms with Gasteiger partial charge < -0.3 is 15.4 Å². The highest BCUT2D eigenvalue weighted by molar-refractivity contribution is 5.86. The molecule has 2 N–H and O–H groups in total. The maximum atomic E-state index is 11.8. The molecule has 0 aromatic carbocycles. The lowest BCUT2D eigenvalue weighted by Crippen LogP contribution is -2.51. The third kappa shape index (κ3) is 3.48. The Labute approximate surface area is 95.9 Å². The molecular weight excluding hydrogens is 208 g/mol. The lowest BCUT2D eigenvalue weighted by Gasteiger charge is -2.22. The summed E-state index contributed by atoms with van der Waals surface area (Å²) in [4.78, 5) is 22.8. The van der Waals surface area contributed by atoms with E-state index in [0.717, 1.165) is 19.4 Å². The Morgan fingerprint density at radius 3 is 2.81 bits per heavy atom. The second-order valence-corrected chi connectivity index (χ2v) is 4.17. The summed E-state index contributed by atoms with van der Waals surface area (Å²) in [5, 5.41) is 5.92. The van der Waals surface area contributed by atoms with Crippen molar-refractivity contribution in [2.75, 3.05) is 19.7 Å². The maximum absolute atomic E-state index is 11.8. The minimum Gasteiger partial charge on any atom is -0.466 e. The predicted molar refractivity (Wildman–Crippen MR) is 59.9 cm³/mol. The maximum Gasteiger partial charge on any atom is 0.307 e. The van der Waals surface area contributed by atoms with Crippen molar-refractivity contribution < 1.29 is 14.3 Å². The largest absolute Gasteiger partial charge is 0.466 e. The summed E-state index contributed by atoms with van der Waals surface area (Å²) in [5.41, 5.74) is -0.464. The van der Waals surface area contributed by atoms with E-state index in [0.29, 0.717) is 13.2 Å². The van der Waals surface area contributed by atoms with Crippen LogP contribution in [0.2, 0.25) is 0 Å². The number of carbonyl (C=O) groups excluding carboxylic acids is 2. The van der Waals surface area contributed by atoms with Gasteiger partial charge in [0.2, 0.25) is 5.91 Å². The molecule has 1 rings (SSSR count). The van der Waals surface area contributed by atoms with E-state index < -0.39 is 5.54 Å². The van der Waals surface area contributed by atoms with E-state index in [1.165, 1.54) is 0 Å². The van der Waals surface area contributed by atoms with Gasteiger partial charge in [-0.15, -0.1) is 0 Å². The van der Waals surface area contributed by atoms with Gasteiger partial charge in [-0.05, 0) is 33.2 Å². The highest BCUT2D eigenvalue weighted by atomic mass is 16.5. The highest BCUT2D eigenvalue weighted by Crippen LogP contribution is 2.18. The van der Waals surface area contributed by atoms with Crippen LogP contribution in [0, 0.1) is 0 Å².